The summed E-state index contributed by atoms with van der Waals surface area (Å²) in [5, 5.41) is 0. The number of rotatable bonds is 10. The molecule has 3 rings (SSSR count). The Hall–Kier alpha value is -2.58. The lowest BCUT2D eigenvalue weighted by atomic mass is 10.0. The average Bonchev–Trinajstić information content (AvgIpc) is 3.32. The predicted octanol–water partition coefficient (Wildman–Crippen LogP) is 4.03. The van der Waals surface area contributed by atoms with Gasteiger partial charge in [0, 0.05) is 37.7 Å². The molecule has 0 saturated carbocycles. The van der Waals surface area contributed by atoms with Crippen molar-refractivity contribution in [1.29, 1.82) is 0 Å². The number of hydrogen-bond acceptors (Lipinski definition) is 5. The lowest BCUT2D eigenvalue weighted by Crippen LogP contribution is -2.31. The molecule has 0 radical (unpaired) electrons. The van der Waals surface area contributed by atoms with Gasteiger partial charge >= 0.3 is 0 Å². The fourth-order valence-corrected chi connectivity index (χ4v) is 5.88. The van der Waals surface area contributed by atoms with Gasteiger partial charge in [-0.05, 0) is 49.1 Å². The van der Waals surface area contributed by atoms with E-state index in [0.717, 1.165) is 42.0 Å². The molecule has 0 bridgehead atoms. The number of amides is 1. The highest BCUT2D eigenvalue weighted by atomic mass is 32.2. The van der Waals surface area contributed by atoms with Crippen molar-refractivity contribution in [3.8, 4) is 11.5 Å². The normalized spacial score (nSPS) is 16.3. The van der Waals surface area contributed by atoms with Crippen LogP contribution in [0.4, 0.5) is 0 Å². The maximum absolute atomic E-state index is 13.1. The van der Waals surface area contributed by atoms with E-state index >= 15 is 0 Å². The summed E-state index contributed by atoms with van der Waals surface area (Å²) in [4.78, 5) is 15.3. The summed E-state index contributed by atoms with van der Waals surface area (Å²) in [6.45, 7) is 5.25. The minimum Gasteiger partial charge on any atom is -0.497 e. The predicted molar refractivity (Wildman–Crippen MR) is 128 cm³/mol. The van der Waals surface area contributed by atoms with Gasteiger partial charge in [0.2, 0.25) is 15.9 Å². The van der Waals surface area contributed by atoms with Crippen molar-refractivity contribution in [2.24, 2.45) is 0 Å². The van der Waals surface area contributed by atoms with Crippen LogP contribution in [0, 0.1) is 0 Å². The molecule has 8 heteroatoms. The van der Waals surface area contributed by atoms with Crippen LogP contribution in [0.3, 0.4) is 0 Å². The molecule has 2 aromatic rings. The Balaban J connectivity index is 1.67. The van der Waals surface area contributed by atoms with E-state index in [1.54, 1.807) is 38.5 Å². The van der Waals surface area contributed by atoms with E-state index in [9.17, 15) is 13.2 Å². The molecule has 0 spiro atoms. The van der Waals surface area contributed by atoms with Crippen molar-refractivity contribution in [2.45, 2.75) is 50.5 Å². The van der Waals surface area contributed by atoms with Crippen molar-refractivity contribution in [3.63, 3.8) is 0 Å². The minimum absolute atomic E-state index is 0.0139. The van der Waals surface area contributed by atoms with E-state index in [1.807, 2.05) is 36.9 Å². The highest BCUT2D eigenvalue weighted by molar-refractivity contribution is 7.89. The Labute approximate surface area is 197 Å². The number of nitrogens with zero attached hydrogens (tertiary/aromatic N) is 2. The van der Waals surface area contributed by atoms with Gasteiger partial charge in [-0.15, -0.1) is 0 Å². The van der Waals surface area contributed by atoms with Crippen LogP contribution in [0.15, 0.2) is 47.4 Å². The van der Waals surface area contributed by atoms with Crippen molar-refractivity contribution in [2.75, 3.05) is 33.9 Å². The van der Waals surface area contributed by atoms with Crippen LogP contribution < -0.4 is 9.47 Å². The van der Waals surface area contributed by atoms with Crippen molar-refractivity contribution in [3.05, 3.63) is 53.6 Å². The lowest BCUT2D eigenvalue weighted by Gasteiger charge is -2.26. The third-order valence-electron chi connectivity index (χ3n) is 6.27. The number of ether oxygens (including phenoxy) is 2. The standard InChI is InChI=1S/C25H34N2O5S/c1-5-26(6-2)33(29,30)21-13-9-19(10-14-21)11-16-25(28)27-17-7-8-23(27)22-15-12-20(31-3)18-24(22)32-4/h9-10,12-15,18,23H,5-8,11,16-17H2,1-4H3. The van der Waals surface area contributed by atoms with Gasteiger partial charge in [0.05, 0.1) is 25.2 Å². The van der Waals surface area contributed by atoms with E-state index in [1.165, 1.54) is 4.31 Å². The van der Waals surface area contributed by atoms with Gasteiger partial charge in [0.15, 0.2) is 0 Å². The smallest absolute Gasteiger partial charge is 0.243 e. The molecule has 0 N–H and O–H groups in total. The molecule has 1 aliphatic heterocycles. The van der Waals surface area contributed by atoms with Crippen molar-refractivity contribution < 1.29 is 22.7 Å². The van der Waals surface area contributed by atoms with Gasteiger partial charge in [-0.2, -0.15) is 4.31 Å². The monoisotopic (exact) mass is 474 g/mol. The van der Waals surface area contributed by atoms with Crippen LogP contribution >= 0.6 is 0 Å². The number of benzene rings is 2. The fraction of sp³-hybridized carbons (Fsp3) is 0.480. The SMILES string of the molecule is CCN(CC)S(=O)(=O)c1ccc(CCC(=O)N2CCCC2c2ccc(OC)cc2OC)cc1. The first-order valence-corrected chi connectivity index (χ1v) is 12.9. The first-order chi connectivity index (χ1) is 15.8. The average molecular weight is 475 g/mol. The zero-order valence-electron chi connectivity index (χ0n) is 19.9. The Kier molecular flexibility index (Phi) is 8.37. The number of sulfonamides is 1. The molecular formula is C25H34N2O5S. The molecule has 1 amide bonds. The van der Waals surface area contributed by atoms with Crippen LogP contribution in [-0.2, 0) is 21.2 Å². The van der Waals surface area contributed by atoms with Crippen molar-refractivity contribution >= 4 is 15.9 Å². The van der Waals surface area contributed by atoms with Crippen LogP contribution in [0.5, 0.6) is 11.5 Å². The zero-order chi connectivity index (χ0) is 24.0. The van der Waals surface area contributed by atoms with E-state index in [2.05, 4.69) is 0 Å². The second-order valence-corrected chi connectivity index (χ2v) is 10.0. The van der Waals surface area contributed by atoms with Crippen LogP contribution in [0.2, 0.25) is 0 Å². The van der Waals surface area contributed by atoms with Crippen LogP contribution in [0.25, 0.3) is 0 Å². The second kappa shape index (κ2) is 11.0. The molecule has 33 heavy (non-hydrogen) atoms. The molecule has 1 aliphatic rings. The molecule has 1 saturated heterocycles. The highest BCUT2D eigenvalue weighted by Gasteiger charge is 2.31. The first-order valence-electron chi connectivity index (χ1n) is 11.5. The topological polar surface area (TPSA) is 76.2 Å². The van der Waals surface area contributed by atoms with Gasteiger partial charge in [-0.3, -0.25) is 4.79 Å². The van der Waals surface area contributed by atoms with E-state index in [4.69, 9.17) is 9.47 Å². The molecule has 0 aromatic heterocycles. The number of methoxy groups -OCH3 is 2. The molecule has 2 aromatic carbocycles. The Morgan fingerprint density at radius 2 is 1.76 bits per heavy atom. The van der Waals surface area contributed by atoms with Crippen LogP contribution in [0.1, 0.15) is 50.3 Å². The molecule has 1 unspecified atom stereocenters. The third kappa shape index (κ3) is 5.50. The van der Waals surface area contributed by atoms with E-state index < -0.39 is 10.0 Å². The van der Waals surface area contributed by atoms with Gasteiger partial charge in [0.25, 0.3) is 0 Å². The fourth-order valence-electron chi connectivity index (χ4n) is 4.42. The number of hydrogen-bond donors (Lipinski definition) is 0. The van der Waals surface area contributed by atoms with Crippen molar-refractivity contribution in [1.82, 2.24) is 9.21 Å². The van der Waals surface area contributed by atoms with Crippen LogP contribution in [-0.4, -0.2) is 57.4 Å². The molecule has 0 aliphatic carbocycles. The largest absolute Gasteiger partial charge is 0.497 e. The molecule has 1 heterocycles. The summed E-state index contributed by atoms with van der Waals surface area (Å²) in [5.74, 6) is 1.54. The lowest BCUT2D eigenvalue weighted by molar-refractivity contribution is -0.132. The summed E-state index contributed by atoms with van der Waals surface area (Å²) >= 11 is 0. The maximum atomic E-state index is 13.1. The van der Waals surface area contributed by atoms with Gasteiger partial charge in [-0.25, -0.2) is 8.42 Å². The summed E-state index contributed by atoms with van der Waals surface area (Å²) < 4.78 is 37.6. The Bertz CT molecular complexity index is 1050. The molecule has 1 atom stereocenters. The molecular weight excluding hydrogens is 440 g/mol. The minimum atomic E-state index is -3.47. The maximum Gasteiger partial charge on any atom is 0.243 e. The van der Waals surface area contributed by atoms with E-state index in [0.29, 0.717) is 25.9 Å². The molecule has 180 valence electrons. The highest BCUT2D eigenvalue weighted by Crippen LogP contribution is 2.39. The van der Waals surface area contributed by atoms with Gasteiger partial charge in [-0.1, -0.05) is 26.0 Å². The number of carbonyl (C=O) groups is 1. The summed E-state index contributed by atoms with van der Waals surface area (Å²) in [5.41, 5.74) is 1.94. The molecule has 7 nitrogen and oxygen atoms in total. The zero-order valence-corrected chi connectivity index (χ0v) is 20.7. The quantitative estimate of drug-likeness (QED) is 0.520. The van der Waals surface area contributed by atoms with Gasteiger partial charge < -0.3 is 14.4 Å². The Morgan fingerprint density at radius 1 is 1.06 bits per heavy atom. The third-order valence-corrected chi connectivity index (χ3v) is 8.33. The number of aryl methyl sites for hydroxylation is 1. The number of carbonyl (C=O) groups excluding carboxylic acids is 1. The number of likely N-dealkylation sites (tertiary alicyclic amines) is 1. The first kappa shape index (κ1) is 25.1. The van der Waals surface area contributed by atoms with Gasteiger partial charge in [0.1, 0.15) is 11.5 Å². The van der Waals surface area contributed by atoms with E-state index in [-0.39, 0.29) is 16.8 Å². The Morgan fingerprint density at radius 3 is 2.36 bits per heavy atom. The molecule has 1 fully saturated rings. The second-order valence-electron chi connectivity index (χ2n) is 8.09. The summed E-state index contributed by atoms with van der Waals surface area (Å²) in [6, 6.07) is 12.6. The summed E-state index contributed by atoms with van der Waals surface area (Å²) in [7, 11) is -0.230. The summed E-state index contributed by atoms with van der Waals surface area (Å²) in [6.07, 6.45) is 2.78.